The summed E-state index contributed by atoms with van der Waals surface area (Å²) in [6.07, 6.45) is 4.04. The number of aromatic nitrogens is 2. The number of nitrogens with one attached hydrogen (secondary N) is 1. The van der Waals surface area contributed by atoms with E-state index in [4.69, 9.17) is 0 Å². The van der Waals surface area contributed by atoms with Gasteiger partial charge < -0.3 is 0 Å². The maximum Gasteiger partial charge on any atom is 0.310 e. The molecule has 0 atom stereocenters. The van der Waals surface area contributed by atoms with E-state index in [1.807, 2.05) is 0 Å². The molecule has 1 aromatic rings. The summed E-state index contributed by atoms with van der Waals surface area (Å²) < 4.78 is 0.833. The number of hydrogen-bond donors (Lipinski definition) is 1. The van der Waals surface area contributed by atoms with E-state index in [1.165, 1.54) is 18.7 Å². The zero-order valence-electron chi connectivity index (χ0n) is 3.94. The molecule has 42 valence electrons. The highest BCUT2D eigenvalue weighted by Gasteiger charge is 2.04. The predicted molar refractivity (Wildman–Crippen MR) is 23.4 cm³/mol. The maximum atomic E-state index is 9.81. The van der Waals surface area contributed by atoms with Gasteiger partial charge in [-0.25, -0.2) is 15.1 Å². The van der Waals surface area contributed by atoms with Gasteiger partial charge in [0, 0.05) is 0 Å². The summed E-state index contributed by atoms with van der Waals surface area (Å²) in [5.74, 6) is 0. The first-order chi connectivity index (χ1) is 3.80. The first-order valence-corrected chi connectivity index (χ1v) is 1.99. The number of rotatable bonds is 1. The molecule has 0 aromatic carbocycles. The monoisotopic (exact) mass is 114 g/mol. The number of hydrogen-bond acceptors (Lipinski definition) is 2. The smallest absolute Gasteiger partial charge is 0.245 e. The number of aromatic amines is 1. The van der Waals surface area contributed by atoms with E-state index in [9.17, 15) is 10.1 Å². The van der Waals surface area contributed by atoms with Crippen molar-refractivity contribution in [2.24, 2.45) is 0 Å². The van der Waals surface area contributed by atoms with Crippen molar-refractivity contribution in [1.29, 1.82) is 0 Å². The van der Waals surface area contributed by atoms with Crippen LogP contribution in [0.25, 0.3) is 0 Å². The lowest BCUT2D eigenvalue weighted by atomic mass is 11.0. The van der Waals surface area contributed by atoms with Crippen molar-refractivity contribution < 1.29 is 9.71 Å². The minimum absolute atomic E-state index is 0.531. The summed E-state index contributed by atoms with van der Waals surface area (Å²) in [5, 5.41) is 9.28. The van der Waals surface area contributed by atoms with E-state index in [1.54, 1.807) is 0 Å². The van der Waals surface area contributed by atoms with Crippen LogP contribution in [0.3, 0.4) is 0 Å². The zero-order chi connectivity index (χ0) is 5.98. The van der Waals surface area contributed by atoms with E-state index in [0.29, 0.717) is 0 Å². The quantitative estimate of drug-likeness (QED) is 0.299. The van der Waals surface area contributed by atoms with Gasteiger partial charge in [0.2, 0.25) is 6.20 Å². The van der Waals surface area contributed by atoms with Crippen LogP contribution in [-0.2, 0) is 0 Å². The predicted octanol–water partition coefficient (Wildman–Crippen LogP) is -0.658. The topological polar surface area (TPSA) is 62.8 Å². The molecule has 0 saturated carbocycles. The van der Waals surface area contributed by atoms with Crippen molar-refractivity contribution in [3.05, 3.63) is 28.8 Å². The minimum Gasteiger partial charge on any atom is -0.245 e. The lowest BCUT2D eigenvalue weighted by Gasteiger charge is -1.73. The second-order valence-electron chi connectivity index (χ2n) is 1.23. The van der Waals surface area contributed by atoms with E-state index in [2.05, 4.69) is 4.98 Å². The highest BCUT2D eigenvalue weighted by atomic mass is 16.7. The van der Waals surface area contributed by atoms with Gasteiger partial charge in [0.15, 0.2) is 0 Å². The lowest BCUT2D eigenvalue weighted by Crippen LogP contribution is -2.39. The summed E-state index contributed by atoms with van der Waals surface area (Å²) in [7, 11) is 0. The lowest BCUT2D eigenvalue weighted by molar-refractivity contribution is -1.19. The van der Waals surface area contributed by atoms with Crippen LogP contribution in [-0.4, -0.2) is 10.0 Å². The van der Waals surface area contributed by atoms with Crippen molar-refractivity contribution in [3.63, 3.8) is 0 Å². The van der Waals surface area contributed by atoms with Gasteiger partial charge in [-0.1, -0.05) is 0 Å². The molecule has 0 aliphatic heterocycles. The zero-order valence-corrected chi connectivity index (χ0v) is 3.94. The van der Waals surface area contributed by atoms with Crippen molar-refractivity contribution in [1.82, 2.24) is 4.98 Å². The third kappa shape index (κ3) is 0.651. The molecule has 0 aliphatic rings. The fourth-order valence-electron chi connectivity index (χ4n) is 0.383. The Balaban J connectivity index is 2.93. The van der Waals surface area contributed by atoms with Gasteiger partial charge in [-0.2, -0.15) is 0 Å². The standard InChI is InChI=1S/C3H3N3O2/c7-6(8)5-2-1-4-3-5/h1-3H/p+1. The Kier molecular flexibility index (Phi) is 0.957. The third-order valence-electron chi connectivity index (χ3n) is 0.719. The summed E-state index contributed by atoms with van der Waals surface area (Å²) in [5.41, 5.74) is 0. The van der Waals surface area contributed by atoms with Crippen LogP contribution in [0.1, 0.15) is 0 Å². The molecule has 0 aliphatic carbocycles. The van der Waals surface area contributed by atoms with Gasteiger partial charge in [-0.05, 0) is 0 Å². The number of imidazole rings is 1. The van der Waals surface area contributed by atoms with Gasteiger partial charge in [0.1, 0.15) is 6.20 Å². The SMILES string of the molecule is O=[N+]([O-])[n+]1cc[nH]c1. The fraction of sp³-hybridized carbons (Fsp3) is 0. The van der Waals surface area contributed by atoms with Crippen LogP contribution in [0.4, 0.5) is 0 Å². The molecule has 1 N–H and O–H groups in total. The van der Waals surface area contributed by atoms with Gasteiger partial charge in [0.05, 0.1) is 4.68 Å². The average Bonchev–Trinajstić information content (AvgIpc) is 2.12. The van der Waals surface area contributed by atoms with Crippen LogP contribution < -0.4 is 4.68 Å². The molecule has 8 heavy (non-hydrogen) atoms. The van der Waals surface area contributed by atoms with Crippen molar-refractivity contribution in [2.75, 3.05) is 0 Å². The summed E-state index contributed by atoms with van der Waals surface area (Å²) in [6.45, 7) is 0. The third-order valence-corrected chi connectivity index (χ3v) is 0.719. The summed E-state index contributed by atoms with van der Waals surface area (Å²) in [4.78, 5) is 12.3. The van der Waals surface area contributed by atoms with E-state index in [0.717, 1.165) is 4.68 Å². The molecule has 0 fully saturated rings. The van der Waals surface area contributed by atoms with Crippen LogP contribution in [0, 0.1) is 10.1 Å². The Morgan fingerprint density at radius 2 is 2.50 bits per heavy atom. The molecule has 0 radical (unpaired) electrons. The summed E-state index contributed by atoms with van der Waals surface area (Å²) in [6, 6.07) is 0. The van der Waals surface area contributed by atoms with E-state index in [-0.39, 0.29) is 0 Å². The molecule has 1 rings (SSSR count). The Morgan fingerprint density at radius 3 is 2.75 bits per heavy atom. The highest BCUT2D eigenvalue weighted by Crippen LogP contribution is 1.65. The minimum atomic E-state index is -0.531. The van der Waals surface area contributed by atoms with Gasteiger partial charge in [-0.3, -0.25) is 0 Å². The van der Waals surface area contributed by atoms with Crippen molar-refractivity contribution in [3.8, 4) is 0 Å². The Morgan fingerprint density at radius 1 is 1.75 bits per heavy atom. The first kappa shape index (κ1) is 4.76. The number of nitro groups is 1. The molecule has 0 saturated heterocycles. The fourth-order valence-corrected chi connectivity index (χ4v) is 0.383. The van der Waals surface area contributed by atoms with E-state index >= 15 is 0 Å². The largest absolute Gasteiger partial charge is 0.310 e. The van der Waals surface area contributed by atoms with E-state index < -0.39 is 5.03 Å². The normalized spacial score (nSPS) is 9.00. The molecule has 5 nitrogen and oxygen atoms in total. The molecule has 0 spiro atoms. The average molecular weight is 114 g/mol. The molecular formula is C3H4N3O2+. The molecular weight excluding hydrogens is 110 g/mol. The van der Waals surface area contributed by atoms with Crippen LogP contribution in [0.2, 0.25) is 0 Å². The maximum absolute atomic E-state index is 9.81. The number of H-pyrrole nitrogens is 1. The Labute approximate surface area is 44.7 Å². The molecule has 0 amide bonds. The molecule has 5 heteroatoms. The van der Waals surface area contributed by atoms with Crippen molar-refractivity contribution in [2.45, 2.75) is 0 Å². The summed E-state index contributed by atoms with van der Waals surface area (Å²) >= 11 is 0. The van der Waals surface area contributed by atoms with Crippen LogP contribution in [0.5, 0.6) is 0 Å². The molecule has 0 bridgehead atoms. The van der Waals surface area contributed by atoms with Gasteiger partial charge in [0.25, 0.3) is 5.03 Å². The molecule has 1 heterocycles. The van der Waals surface area contributed by atoms with Crippen LogP contribution >= 0.6 is 0 Å². The van der Waals surface area contributed by atoms with Gasteiger partial charge >= 0.3 is 6.33 Å². The Hall–Kier alpha value is -1.39. The highest BCUT2D eigenvalue weighted by molar-refractivity contribution is 4.53. The second kappa shape index (κ2) is 1.61. The van der Waals surface area contributed by atoms with Crippen LogP contribution in [0.15, 0.2) is 18.7 Å². The van der Waals surface area contributed by atoms with Crippen molar-refractivity contribution >= 4 is 0 Å². The molecule has 1 aromatic heterocycles. The first-order valence-electron chi connectivity index (χ1n) is 1.99. The number of nitrogens with zero attached hydrogens (tertiary/aromatic N) is 2. The Bertz CT molecular complexity index is 180. The molecule has 0 unspecified atom stereocenters. The van der Waals surface area contributed by atoms with Gasteiger partial charge in [-0.15, -0.1) is 0 Å². The second-order valence-corrected chi connectivity index (χ2v) is 1.23.